The molecule has 6 heteroatoms. The van der Waals surface area contributed by atoms with Gasteiger partial charge in [-0.15, -0.1) is 0 Å². The molecule has 1 saturated heterocycles. The van der Waals surface area contributed by atoms with Crippen LogP contribution in [0.25, 0.3) is 0 Å². The van der Waals surface area contributed by atoms with E-state index in [0.29, 0.717) is 0 Å². The summed E-state index contributed by atoms with van der Waals surface area (Å²) < 4.78 is 5.51. The highest BCUT2D eigenvalue weighted by Crippen LogP contribution is 2.32. The average molecular weight is 271 g/mol. The molecule has 2 rings (SSSR count). The summed E-state index contributed by atoms with van der Waals surface area (Å²) in [7, 11) is 0. The summed E-state index contributed by atoms with van der Waals surface area (Å²) in [5, 5.41) is 28.6. The van der Waals surface area contributed by atoms with Gasteiger partial charge in [-0.05, 0) is 12.1 Å². The second-order valence-corrected chi connectivity index (χ2v) is 5.39. The van der Waals surface area contributed by atoms with E-state index < -0.39 is 29.8 Å². The van der Waals surface area contributed by atoms with Gasteiger partial charge in [-0.2, -0.15) is 0 Å². The Bertz CT molecular complexity index is 376. The first-order chi connectivity index (χ1) is 8.63. The van der Waals surface area contributed by atoms with Crippen LogP contribution in [-0.2, 0) is 4.74 Å². The van der Waals surface area contributed by atoms with Crippen molar-refractivity contribution >= 4 is 11.8 Å². The zero-order valence-corrected chi connectivity index (χ0v) is 10.5. The van der Waals surface area contributed by atoms with Crippen molar-refractivity contribution in [3.63, 3.8) is 0 Å². The van der Waals surface area contributed by atoms with Gasteiger partial charge in [0.2, 0.25) is 0 Å². The Balaban J connectivity index is 2.08. The smallest absolute Gasteiger partial charge is 0.126 e. The Hall–Kier alpha value is -0.630. The van der Waals surface area contributed by atoms with E-state index in [2.05, 4.69) is 0 Å². The van der Waals surface area contributed by atoms with Crippen molar-refractivity contribution in [2.45, 2.75) is 34.7 Å². The minimum atomic E-state index is -1.15. The average Bonchev–Trinajstić information content (AvgIpc) is 2.40. The van der Waals surface area contributed by atoms with Crippen LogP contribution in [0, 0.1) is 0 Å². The number of hydrogen-bond donors (Lipinski definition) is 4. The third-order valence-electron chi connectivity index (χ3n) is 2.92. The number of hydrogen-bond acceptors (Lipinski definition) is 6. The number of thioether (sulfide) groups is 1. The van der Waals surface area contributed by atoms with Crippen LogP contribution in [-0.4, -0.2) is 51.7 Å². The van der Waals surface area contributed by atoms with E-state index in [1.165, 1.54) is 11.8 Å². The maximum absolute atomic E-state index is 9.82. The Morgan fingerprint density at radius 3 is 2.44 bits per heavy atom. The van der Waals surface area contributed by atoms with E-state index in [1.807, 2.05) is 30.3 Å². The fraction of sp³-hybridized carbons (Fsp3) is 0.500. The summed E-state index contributed by atoms with van der Waals surface area (Å²) in [6.07, 6.45) is -3.06. The number of ether oxygens (including phenoxy) is 1. The molecule has 1 aromatic carbocycles. The first kappa shape index (κ1) is 13.8. The molecular weight excluding hydrogens is 254 g/mol. The quantitative estimate of drug-likeness (QED) is 0.594. The van der Waals surface area contributed by atoms with Crippen molar-refractivity contribution in [1.82, 2.24) is 0 Å². The van der Waals surface area contributed by atoms with Crippen LogP contribution in [0.1, 0.15) is 0 Å². The SMILES string of the molecule is N[C@H]1[C@@H](O)[C@H](O)[C@@H](CO)O[C@H]1Sc1ccccc1. The maximum Gasteiger partial charge on any atom is 0.126 e. The lowest BCUT2D eigenvalue weighted by atomic mass is 9.99. The van der Waals surface area contributed by atoms with Crippen LogP contribution in [0.15, 0.2) is 35.2 Å². The number of benzene rings is 1. The van der Waals surface area contributed by atoms with Crippen molar-refractivity contribution < 1.29 is 20.1 Å². The molecule has 0 radical (unpaired) electrons. The second kappa shape index (κ2) is 6.01. The molecule has 0 saturated carbocycles. The minimum Gasteiger partial charge on any atom is -0.394 e. The zero-order valence-electron chi connectivity index (χ0n) is 9.72. The molecule has 0 amide bonds. The lowest BCUT2D eigenvalue weighted by Gasteiger charge is -2.40. The molecule has 100 valence electrons. The topological polar surface area (TPSA) is 95.9 Å². The second-order valence-electron chi connectivity index (χ2n) is 4.21. The molecule has 5 atom stereocenters. The van der Waals surface area contributed by atoms with Crippen LogP contribution in [0.4, 0.5) is 0 Å². The molecule has 5 N–H and O–H groups in total. The lowest BCUT2D eigenvalue weighted by molar-refractivity contribution is -0.165. The Morgan fingerprint density at radius 2 is 1.83 bits per heavy atom. The van der Waals surface area contributed by atoms with E-state index in [0.717, 1.165) is 4.90 Å². The van der Waals surface area contributed by atoms with Crippen LogP contribution < -0.4 is 5.73 Å². The van der Waals surface area contributed by atoms with Gasteiger partial charge in [0.15, 0.2) is 0 Å². The molecule has 0 aromatic heterocycles. The summed E-state index contributed by atoms with van der Waals surface area (Å²) in [4.78, 5) is 0.957. The lowest BCUT2D eigenvalue weighted by Crippen LogP contribution is -2.60. The number of nitrogens with two attached hydrogens (primary N) is 1. The molecule has 1 aliphatic heterocycles. The molecule has 5 nitrogen and oxygen atoms in total. The standard InChI is InChI=1S/C12H17NO4S/c13-9-11(16)10(15)8(6-14)17-12(9)18-7-4-2-1-3-5-7/h1-5,8-12,14-16H,6,13H2/t8-,9+,10-,11-,12+/m1/s1. The van der Waals surface area contributed by atoms with Crippen LogP contribution >= 0.6 is 11.8 Å². The van der Waals surface area contributed by atoms with Gasteiger partial charge < -0.3 is 25.8 Å². The predicted molar refractivity (Wildman–Crippen MR) is 68.0 cm³/mol. The predicted octanol–water partition coefficient (Wildman–Crippen LogP) is -0.455. The molecule has 0 aliphatic carbocycles. The van der Waals surface area contributed by atoms with Gasteiger partial charge in [0, 0.05) is 4.90 Å². The molecule has 1 aliphatic rings. The van der Waals surface area contributed by atoms with E-state index in [-0.39, 0.29) is 6.61 Å². The van der Waals surface area contributed by atoms with Gasteiger partial charge in [-0.3, -0.25) is 0 Å². The highest BCUT2D eigenvalue weighted by atomic mass is 32.2. The zero-order chi connectivity index (χ0) is 13.1. The molecule has 0 spiro atoms. The van der Waals surface area contributed by atoms with Gasteiger partial charge in [0.25, 0.3) is 0 Å². The summed E-state index contributed by atoms with van der Waals surface area (Å²) in [5.41, 5.74) is 5.34. The highest BCUT2D eigenvalue weighted by Gasteiger charge is 2.42. The third kappa shape index (κ3) is 2.85. The van der Waals surface area contributed by atoms with Gasteiger partial charge in [-0.25, -0.2) is 0 Å². The molecule has 0 unspecified atom stereocenters. The summed E-state index contributed by atoms with van der Waals surface area (Å²) in [5.74, 6) is 0. The first-order valence-corrected chi connectivity index (χ1v) is 6.61. The van der Waals surface area contributed by atoms with Crippen LogP contribution in [0.3, 0.4) is 0 Å². The molecule has 1 fully saturated rings. The van der Waals surface area contributed by atoms with Crippen LogP contribution in [0.5, 0.6) is 0 Å². The Morgan fingerprint density at radius 1 is 1.17 bits per heavy atom. The van der Waals surface area contributed by atoms with Gasteiger partial charge in [-0.1, -0.05) is 30.0 Å². The fourth-order valence-corrected chi connectivity index (χ4v) is 2.94. The van der Waals surface area contributed by atoms with Gasteiger partial charge >= 0.3 is 0 Å². The summed E-state index contributed by atoms with van der Waals surface area (Å²) in [6.45, 7) is -0.350. The third-order valence-corrected chi connectivity index (χ3v) is 4.13. The van der Waals surface area contributed by atoms with Crippen molar-refractivity contribution in [3.05, 3.63) is 30.3 Å². The van der Waals surface area contributed by atoms with Gasteiger partial charge in [0.1, 0.15) is 23.7 Å². The minimum absolute atomic E-state index is 0.350. The van der Waals surface area contributed by atoms with E-state index in [4.69, 9.17) is 15.6 Å². The maximum atomic E-state index is 9.82. The molecule has 0 bridgehead atoms. The Labute approximate surface area is 110 Å². The molecule has 1 aromatic rings. The number of aliphatic hydroxyl groups excluding tert-OH is 3. The highest BCUT2D eigenvalue weighted by molar-refractivity contribution is 7.99. The molecule has 1 heterocycles. The van der Waals surface area contributed by atoms with Crippen molar-refractivity contribution in [2.75, 3.05) is 6.61 Å². The largest absolute Gasteiger partial charge is 0.394 e. The van der Waals surface area contributed by atoms with Crippen molar-refractivity contribution in [2.24, 2.45) is 5.73 Å². The summed E-state index contributed by atoms with van der Waals surface area (Å²) >= 11 is 1.37. The van der Waals surface area contributed by atoms with Gasteiger partial charge in [0.05, 0.1) is 12.6 Å². The van der Waals surface area contributed by atoms with E-state index >= 15 is 0 Å². The van der Waals surface area contributed by atoms with Crippen molar-refractivity contribution in [3.8, 4) is 0 Å². The fourth-order valence-electron chi connectivity index (χ4n) is 1.84. The normalized spacial score (nSPS) is 36.6. The molecular formula is C12H17NO4S. The van der Waals surface area contributed by atoms with E-state index in [1.54, 1.807) is 0 Å². The Kier molecular flexibility index (Phi) is 4.60. The van der Waals surface area contributed by atoms with E-state index in [9.17, 15) is 10.2 Å². The van der Waals surface area contributed by atoms with Crippen molar-refractivity contribution in [1.29, 1.82) is 0 Å². The summed E-state index contributed by atoms with van der Waals surface area (Å²) in [6, 6.07) is 8.81. The monoisotopic (exact) mass is 271 g/mol. The van der Waals surface area contributed by atoms with Crippen LogP contribution in [0.2, 0.25) is 0 Å². The number of rotatable bonds is 3. The first-order valence-electron chi connectivity index (χ1n) is 5.73. The number of aliphatic hydroxyl groups is 3. The molecule has 18 heavy (non-hydrogen) atoms.